The Morgan fingerprint density at radius 1 is 0.750 bits per heavy atom. The van der Waals surface area contributed by atoms with Gasteiger partial charge in [-0.1, -0.05) is 99.1 Å². The van der Waals surface area contributed by atoms with Crippen molar-refractivity contribution in [2.24, 2.45) is 5.92 Å². The molecule has 1 fully saturated rings. The summed E-state index contributed by atoms with van der Waals surface area (Å²) in [6.07, 6.45) is 6.37. The quantitative estimate of drug-likeness (QED) is 0.404. The van der Waals surface area contributed by atoms with E-state index in [4.69, 9.17) is 0 Å². The minimum absolute atomic E-state index is 0.549. The first-order valence-electron chi connectivity index (χ1n) is 10.9. The van der Waals surface area contributed by atoms with Gasteiger partial charge in [-0.2, -0.15) is 0 Å². The Balaban J connectivity index is 1.72. The molecule has 144 valence electrons. The lowest BCUT2D eigenvalue weighted by Crippen LogP contribution is -2.24. The largest absolute Gasteiger partial charge is 0.0622 e. The molecule has 4 rings (SSSR count). The number of hydrogen-bond donors (Lipinski definition) is 0. The molecule has 3 aromatic rings. The average molecular weight is 369 g/mol. The van der Waals surface area contributed by atoms with Gasteiger partial charge in [0.2, 0.25) is 0 Å². The van der Waals surface area contributed by atoms with Crippen molar-refractivity contribution in [3.05, 3.63) is 107 Å². The molecule has 0 heterocycles. The standard InChI is InChI=1S/C28H32/c1-21(2)28-25(19-22-11-5-3-6-12-22)17-10-18-26(28)27(24-15-9-16-24)20-23-13-7-4-8-14-23/h3-8,10-14,17-18,21,24,27H,9,15-16,19-20H2,1-2H3. The Kier molecular flexibility index (Phi) is 5.95. The summed E-state index contributed by atoms with van der Waals surface area (Å²) >= 11 is 0. The fourth-order valence-electron chi connectivity index (χ4n) is 4.87. The van der Waals surface area contributed by atoms with Crippen molar-refractivity contribution in [1.82, 2.24) is 0 Å². The van der Waals surface area contributed by atoms with Gasteiger partial charge in [0.05, 0.1) is 0 Å². The molecule has 0 aromatic heterocycles. The summed E-state index contributed by atoms with van der Waals surface area (Å²) in [5, 5.41) is 0. The lowest BCUT2D eigenvalue weighted by atomic mass is 9.68. The third kappa shape index (κ3) is 4.22. The number of benzene rings is 3. The van der Waals surface area contributed by atoms with Gasteiger partial charge in [-0.15, -0.1) is 0 Å². The van der Waals surface area contributed by atoms with Crippen LogP contribution in [0.5, 0.6) is 0 Å². The molecule has 3 aromatic carbocycles. The summed E-state index contributed by atoms with van der Waals surface area (Å²) < 4.78 is 0. The first-order chi connectivity index (χ1) is 13.7. The highest BCUT2D eigenvalue weighted by atomic mass is 14.4. The third-order valence-corrected chi connectivity index (χ3v) is 6.46. The van der Waals surface area contributed by atoms with Crippen molar-refractivity contribution >= 4 is 0 Å². The lowest BCUT2D eigenvalue weighted by molar-refractivity contribution is 0.258. The zero-order valence-corrected chi connectivity index (χ0v) is 17.3. The average Bonchev–Trinajstić information content (AvgIpc) is 2.67. The van der Waals surface area contributed by atoms with E-state index in [-0.39, 0.29) is 0 Å². The SMILES string of the molecule is CC(C)c1c(Cc2ccccc2)cccc1C(Cc1ccccc1)C1CCC1. The maximum Gasteiger partial charge on any atom is -0.00228 e. The summed E-state index contributed by atoms with van der Waals surface area (Å²) in [7, 11) is 0. The van der Waals surface area contributed by atoms with Gasteiger partial charge in [0.25, 0.3) is 0 Å². The van der Waals surface area contributed by atoms with E-state index in [0.29, 0.717) is 11.8 Å². The van der Waals surface area contributed by atoms with E-state index in [1.54, 1.807) is 11.1 Å². The van der Waals surface area contributed by atoms with Gasteiger partial charge >= 0.3 is 0 Å². The van der Waals surface area contributed by atoms with E-state index < -0.39 is 0 Å². The molecule has 0 heteroatoms. The summed E-state index contributed by atoms with van der Waals surface area (Å²) in [5.41, 5.74) is 7.60. The molecule has 0 saturated heterocycles. The van der Waals surface area contributed by atoms with E-state index >= 15 is 0 Å². The molecule has 1 unspecified atom stereocenters. The number of rotatable bonds is 7. The summed E-state index contributed by atoms with van der Waals surface area (Å²) in [6.45, 7) is 4.74. The first kappa shape index (κ1) is 19.0. The van der Waals surface area contributed by atoms with Crippen molar-refractivity contribution in [1.29, 1.82) is 0 Å². The topological polar surface area (TPSA) is 0 Å². The molecule has 0 spiro atoms. The number of hydrogen-bond acceptors (Lipinski definition) is 0. The van der Waals surface area contributed by atoms with Crippen LogP contribution in [0.2, 0.25) is 0 Å². The molecule has 0 amide bonds. The van der Waals surface area contributed by atoms with Crippen LogP contribution in [0.1, 0.15) is 72.8 Å². The molecule has 1 atom stereocenters. The highest BCUT2D eigenvalue weighted by Gasteiger charge is 2.31. The molecule has 0 bridgehead atoms. The molecule has 0 N–H and O–H groups in total. The van der Waals surface area contributed by atoms with E-state index in [2.05, 4.69) is 92.7 Å². The van der Waals surface area contributed by atoms with E-state index in [1.807, 2.05) is 0 Å². The monoisotopic (exact) mass is 368 g/mol. The lowest BCUT2D eigenvalue weighted by Gasteiger charge is -2.36. The van der Waals surface area contributed by atoms with Gasteiger partial charge in [0.15, 0.2) is 0 Å². The molecule has 28 heavy (non-hydrogen) atoms. The molecule has 1 saturated carbocycles. The molecule has 0 aliphatic heterocycles. The van der Waals surface area contributed by atoms with Gasteiger partial charge in [-0.25, -0.2) is 0 Å². The maximum absolute atomic E-state index is 2.43. The normalized spacial score (nSPS) is 15.4. The third-order valence-electron chi connectivity index (χ3n) is 6.46. The van der Waals surface area contributed by atoms with Crippen molar-refractivity contribution in [3.8, 4) is 0 Å². The van der Waals surface area contributed by atoms with Crippen LogP contribution >= 0.6 is 0 Å². The molecule has 0 nitrogen and oxygen atoms in total. The summed E-state index contributed by atoms with van der Waals surface area (Å²) in [4.78, 5) is 0. The van der Waals surface area contributed by atoms with Gasteiger partial charge in [-0.05, 0) is 71.3 Å². The molecule has 0 radical (unpaired) electrons. The van der Waals surface area contributed by atoms with Crippen LogP contribution in [0.25, 0.3) is 0 Å². The van der Waals surface area contributed by atoms with Crippen molar-refractivity contribution in [2.75, 3.05) is 0 Å². The van der Waals surface area contributed by atoms with Gasteiger partial charge in [0, 0.05) is 0 Å². The fourth-order valence-corrected chi connectivity index (χ4v) is 4.87. The summed E-state index contributed by atoms with van der Waals surface area (Å²) in [5.74, 6) is 2.03. The van der Waals surface area contributed by atoms with Gasteiger partial charge in [0.1, 0.15) is 0 Å². The molecular formula is C28H32. The van der Waals surface area contributed by atoms with Crippen LogP contribution in [-0.4, -0.2) is 0 Å². The highest BCUT2D eigenvalue weighted by Crippen LogP contribution is 2.44. The molecule has 1 aliphatic carbocycles. The molecular weight excluding hydrogens is 336 g/mol. The van der Waals surface area contributed by atoms with Crippen LogP contribution in [0.15, 0.2) is 78.9 Å². The molecule has 1 aliphatic rings. The van der Waals surface area contributed by atoms with E-state index in [0.717, 1.165) is 12.3 Å². The Bertz CT molecular complexity index is 872. The highest BCUT2D eigenvalue weighted by molar-refractivity contribution is 5.43. The van der Waals surface area contributed by atoms with Crippen LogP contribution in [0.4, 0.5) is 0 Å². The Morgan fingerprint density at radius 3 is 1.96 bits per heavy atom. The summed E-state index contributed by atoms with van der Waals surface area (Å²) in [6, 6.07) is 29.1. The van der Waals surface area contributed by atoms with Crippen molar-refractivity contribution < 1.29 is 0 Å². The second-order valence-electron chi connectivity index (χ2n) is 8.72. The zero-order valence-electron chi connectivity index (χ0n) is 17.3. The predicted molar refractivity (Wildman–Crippen MR) is 120 cm³/mol. The van der Waals surface area contributed by atoms with Crippen LogP contribution in [-0.2, 0) is 12.8 Å². The first-order valence-corrected chi connectivity index (χ1v) is 10.9. The van der Waals surface area contributed by atoms with Gasteiger partial charge < -0.3 is 0 Å². The minimum Gasteiger partial charge on any atom is -0.0622 e. The van der Waals surface area contributed by atoms with Gasteiger partial charge in [-0.3, -0.25) is 0 Å². The van der Waals surface area contributed by atoms with E-state index in [1.165, 1.54) is 42.4 Å². The van der Waals surface area contributed by atoms with Crippen LogP contribution in [0, 0.1) is 5.92 Å². The Labute approximate surface area is 170 Å². The van der Waals surface area contributed by atoms with E-state index in [9.17, 15) is 0 Å². The predicted octanol–water partition coefficient (Wildman–Crippen LogP) is 7.53. The second-order valence-corrected chi connectivity index (χ2v) is 8.72. The van der Waals surface area contributed by atoms with Crippen LogP contribution < -0.4 is 0 Å². The Morgan fingerprint density at radius 2 is 1.39 bits per heavy atom. The minimum atomic E-state index is 0.549. The van der Waals surface area contributed by atoms with Crippen LogP contribution in [0.3, 0.4) is 0 Å². The van der Waals surface area contributed by atoms with Crippen molar-refractivity contribution in [2.45, 2.75) is 57.8 Å². The smallest absolute Gasteiger partial charge is 0.00228 e. The zero-order chi connectivity index (χ0) is 19.3. The fraction of sp³-hybridized carbons (Fsp3) is 0.357. The second kappa shape index (κ2) is 8.78. The Hall–Kier alpha value is -2.34. The maximum atomic E-state index is 2.43. The van der Waals surface area contributed by atoms with Crippen molar-refractivity contribution in [3.63, 3.8) is 0 Å².